The number of hydrogen-bond acceptors (Lipinski definition) is 6. The van der Waals surface area contributed by atoms with Crippen LogP contribution in [0.2, 0.25) is 0 Å². The molecule has 1 aliphatic rings. The van der Waals surface area contributed by atoms with E-state index in [9.17, 15) is 4.79 Å². The highest BCUT2D eigenvalue weighted by molar-refractivity contribution is 6.05. The third-order valence-electron chi connectivity index (χ3n) is 5.36. The van der Waals surface area contributed by atoms with E-state index in [1.54, 1.807) is 13.3 Å². The molecule has 1 unspecified atom stereocenters. The van der Waals surface area contributed by atoms with Crippen molar-refractivity contribution in [2.45, 2.75) is 32.7 Å². The van der Waals surface area contributed by atoms with Gasteiger partial charge in [-0.3, -0.25) is 9.67 Å². The number of methoxy groups -OCH3 is 1. The molecule has 0 bridgehead atoms. The molecular weight excluding hydrogens is 368 g/mol. The first-order chi connectivity index (χ1) is 14.1. The van der Waals surface area contributed by atoms with E-state index < -0.39 is 0 Å². The van der Waals surface area contributed by atoms with Crippen LogP contribution in [0.15, 0.2) is 36.8 Å². The smallest absolute Gasteiger partial charge is 0.341 e. The molecule has 2 aromatic heterocycles. The Morgan fingerprint density at radius 2 is 2.17 bits per heavy atom. The molecule has 0 amide bonds. The van der Waals surface area contributed by atoms with Crippen molar-refractivity contribution in [3.05, 3.63) is 47.9 Å². The van der Waals surface area contributed by atoms with Gasteiger partial charge in [-0.2, -0.15) is 5.10 Å². The summed E-state index contributed by atoms with van der Waals surface area (Å²) in [5.41, 5.74) is 3.32. The van der Waals surface area contributed by atoms with Crippen LogP contribution in [0.3, 0.4) is 0 Å². The summed E-state index contributed by atoms with van der Waals surface area (Å²) < 4.78 is 12.8. The minimum Gasteiger partial charge on any atom is -0.497 e. The van der Waals surface area contributed by atoms with Crippen LogP contribution >= 0.6 is 0 Å². The van der Waals surface area contributed by atoms with Crippen molar-refractivity contribution < 1.29 is 14.3 Å². The Morgan fingerprint density at radius 3 is 2.90 bits per heavy atom. The standard InChI is InChI=1S/C22H26N4O3/c1-4-29-22(27)19-12-23-20-8-7-17(28-3)10-18(20)21(19)25-9-5-6-16(14-25)26-13-15(2)11-24-26/h7-8,10-13,16H,4-6,9,14H2,1-3H3. The van der Waals surface area contributed by atoms with Crippen LogP contribution in [-0.4, -0.2) is 47.5 Å². The minimum atomic E-state index is -0.350. The second-order valence-corrected chi connectivity index (χ2v) is 7.36. The van der Waals surface area contributed by atoms with E-state index in [4.69, 9.17) is 9.47 Å². The summed E-state index contributed by atoms with van der Waals surface area (Å²) in [4.78, 5) is 19.5. The Morgan fingerprint density at radius 1 is 1.31 bits per heavy atom. The predicted octanol–water partition coefficient (Wildman–Crippen LogP) is 3.77. The maximum Gasteiger partial charge on any atom is 0.341 e. The maximum atomic E-state index is 12.7. The van der Waals surface area contributed by atoms with Crippen LogP contribution in [0.25, 0.3) is 10.9 Å². The van der Waals surface area contributed by atoms with Gasteiger partial charge in [-0.25, -0.2) is 4.79 Å². The third-order valence-corrected chi connectivity index (χ3v) is 5.36. The van der Waals surface area contributed by atoms with Crippen molar-refractivity contribution in [3.63, 3.8) is 0 Å². The lowest BCUT2D eigenvalue weighted by Crippen LogP contribution is -2.38. The number of aryl methyl sites for hydroxylation is 1. The van der Waals surface area contributed by atoms with Crippen molar-refractivity contribution in [1.82, 2.24) is 14.8 Å². The predicted molar refractivity (Wildman–Crippen MR) is 112 cm³/mol. The van der Waals surface area contributed by atoms with E-state index in [-0.39, 0.29) is 12.0 Å². The summed E-state index contributed by atoms with van der Waals surface area (Å²) in [6.07, 6.45) is 7.66. The van der Waals surface area contributed by atoms with E-state index in [1.165, 1.54) is 0 Å². The summed E-state index contributed by atoms with van der Waals surface area (Å²) in [5, 5.41) is 5.41. The number of nitrogens with zero attached hydrogens (tertiary/aromatic N) is 4. The lowest BCUT2D eigenvalue weighted by molar-refractivity contribution is 0.0526. The first-order valence-corrected chi connectivity index (χ1v) is 10.00. The number of carbonyl (C=O) groups is 1. The summed E-state index contributed by atoms with van der Waals surface area (Å²) in [5.74, 6) is 0.384. The largest absolute Gasteiger partial charge is 0.497 e. The SMILES string of the molecule is CCOC(=O)c1cnc2ccc(OC)cc2c1N1CCCC(n2cc(C)cn2)C1. The fraction of sp³-hybridized carbons (Fsp3) is 0.409. The Kier molecular flexibility index (Phi) is 5.38. The fourth-order valence-corrected chi connectivity index (χ4v) is 3.99. The summed E-state index contributed by atoms with van der Waals surface area (Å²) in [6.45, 7) is 5.81. The average molecular weight is 394 g/mol. The van der Waals surface area contributed by atoms with Gasteiger partial charge in [-0.1, -0.05) is 0 Å². The number of fused-ring (bicyclic) bond motifs is 1. The highest BCUT2D eigenvalue weighted by Crippen LogP contribution is 2.36. The van der Waals surface area contributed by atoms with Crippen LogP contribution < -0.4 is 9.64 Å². The molecule has 3 aromatic rings. The molecule has 0 radical (unpaired) electrons. The monoisotopic (exact) mass is 394 g/mol. The van der Waals surface area contributed by atoms with Crippen LogP contribution in [0.1, 0.15) is 41.7 Å². The van der Waals surface area contributed by atoms with E-state index in [1.807, 2.05) is 42.9 Å². The van der Waals surface area contributed by atoms with E-state index in [2.05, 4.69) is 21.2 Å². The van der Waals surface area contributed by atoms with Crippen molar-refractivity contribution >= 4 is 22.6 Å². The van der Waals surface area contributed by atoms with E-state index in [0.29, 0.717) is 12.2 Å². The first kappa shape index (κ1) is 19.2. The zero-order chi connectivity index (χ0) is 20.4. The number of piperidine rings is 1. The fourth-order valence-electron chi connectivity index (χ4n) is 3.99. The first-order valence-electron chi connectivity index (χ1n) is 10.00. The molecule has 1 aliphatic heterocycles. The molecule has 3 heterocycles. The van der Waals surface area contributed by atoms with Gasteiger partial charge in [-0.15, -0.1) is 0 Å². The molecule has 0 N–H and O–H groups in total. The van der Waals surface area contributed by atoms with E-state index >= 15 is 0 Å². The minimum absolute atomic E-state index is 0.251. The number of esters is 1. The van der Waals surface area contributed by atoms with Gasteiger partial charge in [-0.05, 0) is 50.5 Å². The molecule has 0 spiro atoms. The van der Waals surface area contributed by atoms with E-state index in [0.717, 1.165) is 53.8 Å². The summed E-state index contributed by atoms with van der Waals surface area (Å²) >= 11 is 0. The number of hydrogen-bond donors (Lipinski definition) is 0. The molecule has 1 saturated heterocycles. The highest BCUT2D eigenvalue weighted by Gasteiger charge is 2.27. The Bertz CT molecular complexity index is 1030. The van der Waals surface area contributed by atoms with Crippen LogP contribution in [0.5, 0.6) is 5.75 Å². The molecule has 7 heteroatoms. The zero-order valence-corrected chi connectivity index (χ0v) is 17.1. The molecule has 7 nitrogen and oxygen atoms in total. The van der Waals surface area contributed by atoms with Crippen molar-refractivity contribution in [3.8, 4) is 5.75 Å². The number of anilines is 1. The highest BCUT2D eigenvalue weighted by atomic mass is 16.5. The van der Waals surface area contributed by atoms with Crippen molar-refractivity contribution in [1.29, 1.82) is 0 Å². The van der Waals surface area contributed by atoms with Gasteiger partial charge in [0.05, 0.1) is 37.2 Å². The van der Waals surface area contributed by atoms with Crippen molar-refractivity contribution in [2.75, 3.05) is 31.7 Å². The quantitative estimate of drug-likeness (QED) is 0.614. The van der Waals surface area contributed by atoms with Gasteiger partial charge in [0, 0.05) is 30.9 Å². The molecule has 0 aliphatic carbocycles. The Labute approximate surface area is 170 Å². The summed E-state index contributed by atoms with van der Waals surface area (Å²) in [7, 11) is 1.64. The van der Waals surface area contributed by atoms with Gasteiger partial charge in [0.1, 0.15) is 11.3 Å². The number of rotatable bonds is 5. The molecular formula is C22H26N4O3. The molecule has 0 saturated carbocycles. The molecule has 29 heavy (non-hydrogen) atoms. The topological polar surface area (TPSA) is 69.5 Å². The van der Waals surface area contributed by atoms with Gasteiger partial charge in [0.25, 0.3) is 0 Å². The lowest BCUT2D eigenvalue weighted by atomic mass is 10.0. The van der Waals surface area contributed by atoms with Crippen LogP contribution in [0.4, 0.5) is 5.69 Å². The molecule has 1 atom stereocenters. The van der Waals surface area contributed by atoms with Crippen LogP contribution in [0, 0.1) is 6.92 Å². The van der Waals surface area contributed by atoms with Gasteiger partial charge in [0.15, 0.2) is 0 Å². The molecule has 1 fully saturated rings. The molecule has 152 valence electrons. The Hall–Kier alpha value is -3.09. The average Bonchev–Trinajstić information content (AvgIpc) is 3.19. The normalized spacial score (nSPS) is 16.8. The lowest BCUT2D eigenvalue weighted by Gasteiger charge is -2.36. The summed E-state index contributed by atoms with van der Waals surface area (Å²) in [6, 6.07) is 6.00. The third kappa shape index (κ3) is 3.77. The number of ether oxygens (including phenoxy) is 2. The van der Waals surface area contributed by atoms with Crippen LogP contribution in [-0.2, 0) is 4.74 Å². The number of aromatic nitrogens is 3. The second-order valence-electron chi connectivity index (χ2n) is 7.36. The van der Waals surface area contributed by atoms with Gasteiger partial charge in [0.2, 0.25) is 0 Å². The molecule has 4 rings (SSSR count). The number of pyridine rings is 1. The maximum absolute atomic E-state index is 12.7. The van der Waals surface area contributed by atoms with Gasteiger partial charge < -0.3 is 14.4 Å². The van der Waals surface area contributed by atoms with Crippen molar-refractivity contribution in [2.24, 2.45) is 0 Å². The second kappa shape index (κ2) is 8.11. The Balaban J connectivity index is 1.80. The van der Waals surface area contributed by atoms with Gasteiger partial charge >= 0.3 is 5.97 Å². The number of carbonyl (C=O) groups excluding carboxylic acids is 1. The number of benzene rings is 1. The molecule has 1 aromatic carbocycles. The zero-order valence-electron chi connectivity index (χ0n) is 17.1.